The van der Waals surface area contributed by atoms with E-state index in [1.165, 1.54) is 51.4 Å². The normalized spacial score (nSPS) is 31.6. The second-order valence-corrected chi connectivity index (χ2v) is 6.33. The van der Waals surface area contributed by atoms with E-state index in [2.05, 4.69) is 13.8 Å². The number of hydrogen-bond acceptors (Lipinski definition) is 2. The summed E-state index contributed by atoms with van der Waals surface area (Å²) in [5, 5.41) is 0. The molecule has 2 rings (SSSR count). The summed E-state index contributed by atoms with van der Waals surface area (Å²) < 4.78 is 6.09. The number of rotatable bonds is 4. The van der Waals surface area contributed by atoms with Crippen LogP contribution < -0.4 is 5.73 Å². The van der Waals surface area contributed by atoms with Crippen molar-refractivity contribution in [1.29, 1.82) is 0 Å². The molecule has 0 aromatic carbocycles. The maximum Gasteiger partial charge on any atom is 0.0685 e. The zero-order valence-electron chi connectivity index (χ0n) is 11.6. The van der Waals surface area contributed by atoms with Gasteiger partial charge in [-0.1, -0.05) is 33.1 Å². The Bertz CT molecular complexity index is 235. The number of nitrogens with two attached hydrogens (primary N) is 1. The minimum atomic E-state index is 0.229. The molecule has 1 saturated heterocycles. The molecule has 1 aliphatic carbocycles. The van der Waals surface area contributed by atoms with E-state index in [0.717, 1.165) is 6.61 Å². The summed E-state index contributed by atoms with van der Waals surface area (Å²) in [6.45, 7) is 5.52. The molecule has 2 aliphatic rings. The molecule has 2 nitrogen and oxygen atoms in total. The Hall–Kier alpha value is -0.0800. The van der Waals surface area contributed by atoms with E-state index in [1.54, 1.807) is 0 Å². The molecule has 0 radical (unpaired) electrons. The summed E-state index contributed by atoms with van der Waals surface area (Å²) in [5.74, 6) is 1.37. The molecule has 1 heterocycles. The average Bonchev–Trinajstić information content (AvgIpc) is 2.76. The largest absolute Gasteiger partial charge is 0.375 e. The van der Waals surface area contributed by atoms with Crippen molar-refractivity contribution < 1.29 is 4.74 Å². The van der Waals surface area contributed by atoms with Crippen LogP contribution in [-0.2, 0) is 4.74 Å². The summed E-state index contributed by atoms with van der Waals surface area (Å²) in [6.07, 6.45) is 10.2. The van der Waals surface area contributed by atoms with Crippen molar-refractivity contribution in [3.8, 4) is 0 Å². The highest BCUT2D eigenvalue weighted by molar-refractivity contribution is 4.94. The third-order valence-corrected chi connectivity index (χ3v) is 4.99. The first-order chi connectivity index (χ1) is 8.17. The lowest BCUT2D eigenvalue weighted by molar-refractivity contribution is -0.0985. The lowest BCUT2D eigenvalue weighted by Crippen LogP contribution is -2.46. The van der Waals surface area contributed by atoms with E-state index in [0.29, 0.717) is 17.9 Å². The lowest BCUT2D eigenvalue weighted by Gasteiger charge is -2.41. The second-order valence-electron chi connectivity index (χ2n) is 6.33. The Labute approximate surface area is 106 Å². The molecule has 3 unspecified atom stereocenters. The fourth-order valence-electron chi connectivity index (χ4n) is 3.87. The van der Waals surface area contributed by atoms with Gasteiger partial charge in [0.1, 0.15) is 0 Å². The molecule has 100 valence electrons. The standard InChI is InChI=1S/C15H29NO/c1-3-6-12(2)14(16)13-7-10-17-15(11-13)8-4-5-9-15/h12-14H,3-11,16H2,1-2H3. The van der Waals surface area contributed by atoms with Gasteiger partial charge in [0.2, 0.25) is 0 Å². The first kappa shape index (κ1) is 13.4. The van der Waals surface area contributed by atoms with Gasteiger partial charge >= 0.3 is 0 Å². The maximum atomic E-state index is 6.47. The summed E-state index contributed by atoms with van der Waals surface area (Å²) in [5.41, 5.74) is 6.70. The van der Waals surface area contributed by atoms with Crippen molar-refractivity contribution >= 4 is 0 Å². The van der Waals surface area contributed by atoms with Crippen LogP contribution in [0.3, 0.4) is 0 Å². The first-order valence-electron chi connectivity index (χ1n) is 7.56. The van der Waals surface area contributed by atoms with Gasteiger partial charge in [0, 0.05) is 12.6 Å². The monoisotopic (exact) mass is 239 g/mol. The summed E-state index contributed by atoms with van der Waals surface area (Å²) in [4.78, 5) is 0. The third kappa shape index (κ3) is 3.03. The minimum absolute atomic E-state index is 0.229. The van der Waals surface area contributed by atoms with Crippen LogP contribution in [0, 0.1) is 11.8 Å². The summed E-state index contributed by atoms with van der Waals surface area (Å²) in [7, 11) is 0. The van der Waals surface area contributed by atoms with Crippen molar-refractivity contribution in [3.63, 3.8) is 0 Å². The van der Waals surface area contributed by atoms with Gasteiger partial charge in [-0.15, -0.1) is 0 Å². The SMILES string of the molecule is CCCC(C)C(N)C1CCOC2(CCCC2)C1. The van der Waals surface area contributed by atoms with Crippen molar-refractivity contribution in [3.05, 3.63) is 0 Å². The van der Waals surface area contributed by atoms with Crippen molar-refractivity contribution in [2.45, 2.75) is 76.9 Å². The molecule has 1 saturated carbocycles. The highest BCUT2D eigenvalue weighted by atomic mass is 16.5. The van der Waals surface area contributed by atoms with E-state index in [4.69, 9.17) is 10.5 Å². The Morgan fingerprint density at radius 2 is 2.06 bits per heavy atom. The zero-order valence-corrected chi connectivity index (χ0v) is 11.6. The fourth-order valence-corrected chi connectivity index (χ4v) is 3.87. The fraction of sp³-hybridized carbons (Fsp3) is 1.00. The second kappa shape index (κ2) is 5.71. The summed E-state index contributed by atoms with van der Waals surface area (Å²) >= 11 is 0. The molecule has 2 N–H and O–H groups in total. The molecule has 2 fully saturated rings. The molecular formula is C15H29NO. The van der Waals surface area contributed by atoms with Crippen LogP contribution >= 0.6 is 0 Å². The minimum Gasteiger partial charge on any atom is -0.375 e. The quantitative estimate of drug-likeness (QED) is 0.815. The molecule has 0 aromatic rings. The van der Waals surface area contributed by atoms with Crippen molar-refractivity contribution in [2.24, 2.45) is 17.6 Å². The molecule has 0 amide bonds. The Balaban J connectivity index is 1.92. The number of ether oxygens (including phenoxy) is 1. The van der Waals surface area contributed by atoms with Gasteiger partial charge in [0.05, 0.1) is 5.60 Å². The number of hydrogen-bond donors (Lipinski definition) is 1. The Kier molecular flexibility index (Phi) is 4.48. The van der Waals surface area contributed by atoms with Crippen molar-refractivity contribution in [2.75, 3.05) is 6.61 Å². The smallest absolute Gasteiger partial charge is 0.0685 e. The molecule has 17 heavy (non-hydrogen) atoms. The van der Waals surface area contributed by atoms with Gasteiger partial charge in [0.25, 0.3) is 0 Å². The summed E-state index contributed by atoms with van der Waals surface area (Å²) in [6, 6.07) is 0.385. The van der Waals surface area contributed by atoms with Gasteiger partial charge in [-0.2, -0.15) is 0 Å². The van der Waals surface area contributed by atoms with E-state index in [-0.39, 0.29) is 5.60 Å². The molecule has 1 aliphatic heterocycles. The maximum absolute atomic E-state index is 6.47. The van der Waals surface area contributed by atoms with Crippen LogP contribution in [0.15, 0.2) is 0 Å². The molecule has 0 bridgehead atoms. The van der Waals surface area contributed by atoms with Gasteiger partial charge < -0.3 is 10.5 Å². The van der Waals surface area contributed by atoms with Gasteiger partial charge in [-0.3, -0.25) is 0 Å². The Morgan fingerprint density at radius 1 is 1.35 bits per heavy atom. The topological polar surface area (TPSA) is 35.2 Å². The highest BCUT2D eigenvalue weighted by Crippen LogP contribution is 2.43. The van der Waals surface area contributed by atoms with Crippen LogP contribution in [0.2, 0.25) is 0 Å². The molecule has 1 spiro atoms. The predicted octanol–water partition coefficient (Wildman–Crippen LogP) is 3.49. The van der Waals surface area contributed by atoms with Crippen LogP contribution in [0.4, 0.5) is 0 Å². The third-order valence-electron chi connectivity index (χ3n) is 4.99. The van der Waals surface area contributed by atoms with Gasteiger partial charge in [-0.05, 0) is 43.9 Å². The van der Waals surface area contributed by atoms with Crippen LogP contribution in [0.5, 0.6) is 0 Å². The molecule has 0 aromatic heterocycles. The first-order valence-corrected chi connectivity index (χ1v) is 7.56. The van der Waals surface area contributed by atoms with E-state index >= 15 is 0 Å². The molecule has 3 atom stereocenters. The average molecular weight is 239 g/mol. The van der Waals surface area contributed by atoms with Crippen LogP contribution in [0.1, 0.15) is 65.2 Å². The zero-order chi connectivity index (χ0) is 12.3. The molecule has 2 heteroatoms. The van der Waals surface area contributed by atoms with Gasteiger partial charge in [-0.25, -0.2) is 0 Å². The predicted molar refractivity (Wildman–Crippen MR) is 71.9 cm³/mol. The molecular weight excluding hydrogens is 210 g/mol. The van der Waals surface area contributed by atoms with E-state index in [9.17, 15) is 0 Å². The van der Waals surface area contributed by atoms with Crippen LogP contribution in [-0.4, -0.2) is 18.2 Å². The van der Waals surface area contributed by atoms with Gasteiger partial charge in [0.15, 0.2) is 0 Å². The Morgan fingerprint density at radius 3 is 2.71 bits per heavy atom. The van der Waals surface area contributed by atoms with Crippen LogP contribution in [0.25, 0.3) is 0 Å². The van der Waals surface area contributed by atoms with E-state index < -0.39 is 0 Å². The van der Waals surface area contributed by atoms with E-state index in [1.807, 2.05) is 0 Å². The lowest BCUT2D eigenvalue weighted by atomic mass is 9.76. The highest BCUT2D eigenvalue weighted by Gasteiger charge is 2.41. The van der Waals surface area contributed by atoms with Crippen molar-refractivity contribution in [1.82, 2.24) is 0 Å².